The van der Waals surface area contributed by atoms with Crippen molar-refractivity contribution in [2.75, 3.05) is 5.32 Å². The van der Waals surface area contributed by atoms with Gasteiger partial charge in [0.25, 0.3) is 0 Å². The Balaban J connectivity index is 2.64. The van der Waals surface area contributed by atoms with Gasteiger partial charge < -0.3 is 15.8 Å². The van der Waals surface area contributed by atoms with E-state index in [1.165, 1.54) is 12.1 Å². The molecule has 7 heteroatoms. The van der Waals surface area contributed by atoms with Crippen molar-refractivity contribution in [1.82, 2.24) is 0 Å². The molecule has 1 amide bonds. The van der Waals surface area contributed by atoms with Crippen LogP contribution in [0, 0.1) is 5.92 Å². The minimum absolute atomic E-state index is 0.0165. The smallest absolute Gasteiger partial charge is 0.406 e. The standard InChI is InChI=1S/C13H17F3N2O2/c1-3-8(2)11(17)12(19)18-9-4-6-10(7-5-9)20-13(14,15)16/h4-8,11H,3,17H2,1-2H3,(H,18,19)/t8-,11-/m0/s1. The second kappa shape index (κ2) is 6.60. The number of rotatable bonds is 5. The zero-order chi connectivity index (χ0) is 15.3. The number of ether oxygens (including phenoxy) is 1. The Morgan fingerprint density at radius 2 is 1.90 bits per heavy atom. The number of alkyl halides is 3. The molecule has 0 heterocycles. The van der Waals surface area contributed by atoms with Crippen LogP contribution in [0.2, 0.25) is 0 Å². The van der Waals surface area contributed by atoms with E-state index in [2.05, 4.69) is 10.1 Å². The quantitative estimate of drug-likeness (QED) is 0.876. The molecular formula is C13H17F3N2O2. The van der Waals surface area contributed by atoms with Crippen LogP contribution in [-0.2, 0) is 4.79 Å². The highest BCUT2D eigenvalue weighted by atomic mass is 19.4. The SMILES string of the molecule is CC[C@H](C)[C@H](N)C(=O)Nc1ccc(OC(F)(F)F)cc1. The van der Waals surface area contributed by atoms with Gasteiger partial charge in [0.05, 0.1) is 6.04 Å². The molecule has 0 saturated heterocycles. The molecular weight excluding hydrogens is 273 g/mol. The van der Waals surface area contributed by atoms with E-state index in [0.717, 1.165) is 18.6 Å². The number of amides is 1. The number of carbonyl (C=O) groups excluding carboxylic acids is 1. The summed E-state index contributed by atoms with van der Waals surface area (Å²) in [5.41, 5.74) is 6.11. The Bertz CT molecular complexity index is 446. The largest absolute Gasteiger partial charge is 0.573 e. The van der Waals surface area contributed by atoms with Gasteiger partial charge in [-0.25, -0.2) is 0 Å². The van der Waals surface area contributed by atoms with Crippen molar-refractivity contribution in [3.8, 4) is 5.75 Å². The summed E-state index contributed by atoms with van der Waals surface area (Å²) < 4.78 is 39.7. The van der Waals surface area contributed by atoms with Gasteiger partial charge in [0, 0.05) is 5.69 Å². The van der Waals surface area contributed by atoms with E-state index in [-0.39, 0.29) is 17.6 Å². The lowest BCUT2D eigenvalue weighted by molar-refractivity contribution is -0.274. The molecule has 0 bridgehead atoms. The lowest BCUT2D eigenvalue weighted by Crippen LogP contribution is -2.40. The van der Waals surface area contributed by atoms with Crippen molar-refractivity contribution in [2.45, 2.75) is 32.7 Å². The number of anilines is 1. The topological polar surface area (TPSA) is 64.4 Å². The third-order valence-corrected chi connectivity index (χ3v) is 2.92. The Morgan fingerprint density at radius 3 is 2.35 bits per heavy atom. The summed E-state index contributed by atoms with van der Waals surface area (Å²) in [5.74, 6) is -0.701. The van der Waals surface area contributed by atoms with E-state index in [1.54, 1.807) is 0 Å². The average molecular weight is 290 g/mol. The van der Waals surface area contributed by atoms with E-state index < -0.39 is 12.4 Å². The number of benzene rings is 1. The molecule has 112 valence electrons. The fraction of sp³-hybridized carbons (Fsp3) is 0.462. The van der Waals surface area contributed by atoms with Crippen LogP contribution < -0.4 is 15.8 Å². The molecule has 0 fully saturated rings. The highest BCUT2D eigenvalue weighted by Gasteiger charge is 2.31. The number of carbonyl (C=O) groups is 1. The predicted molar refractivity (Wildman–Crippen MR) is 69.2 cm³/mol. The molecule has 0 aliphatic heterocycles. The Labute approximate surface area is 115 Å². The third-order valence-electron chi connectivity index (χ3n) is 2.92. The minimum Gasteiger partial charge on any atom is -0.406 e. The van der Waals surface area contributed by atoms with Crippen LogP contribution in [0.4, 0.5) is 18.9 Å². The van der Waals surface area contributed by atoms with Crippen molar-refractivity contribution < 1.29 is 22.7 Å². The molecule has 0 saturated carbocycles. The number of halogens is 3. The van der Waals surface area contributed by atoms with Gasteiger partial charge in [-0.15, -0.1) is 13.2 Å². The summed E-state index contributed by atoms with van der Waals surface area (Å²) in [4.78, 5) is 11.8. The molecule has 2 atom stereocenters. The first-order valence-electron chi connectivity index (χ1n) is 6.15. The number of nitrogens with two attached hydrogens (primary N) is 1. The summed E-state index contributed by atoms with van der Waals surface area (Å²) in [5, 5.41) is 2.55. The average Bonchev–Trinajstić information content (AvgIpc) is 2.37. The summed E-state index contributed by atoms with van der Waals surface area (Å²) in [7, 11) is 0. The summed E-state index contributed by atoms with van der Waals surface area (Å²) in [6.07, 6.45) is -3.98. The first kappa shape index (κ1) is 16.3. The van der Waals surface area contributed by atoms with E-state index in [0.29, 0.717) is 5.69 Å². The van der Waals surface area contributed by atoms with Crippen LogP contribution in [0.15, 0.2) is 24.3 Å². The number of hydrogen-bond donors (Lipinski definition) is 2. The molecule has 0 unspecified atom stereocenters. The first-order chi connectivity index (χ1) is 9.23. The number of nitrogens with one attached hydrogen (secondary N) is 1. The van der Waals surface area contributed by atoms with Gasteiger partial charge in [0.15, 0.2) is 0 Å². The van der Waals surface area contributed by atoms with Gasteiger partial charge in [0.1, 0.15) is 5.75 Å². The van der Waals surface area contributed by atoms with Crippen molar-refractivity contribution in [2.24, 2.45) is 11.7 Å². The Kier molecular flexibility index (Phi) is 5.38. The minimum atomic E-state index is -4.73. The maximum Gasteiger partial charge on any atom is 0.573 e. The molecule has 0 aliphatic rings. The van der Waals surface area contributed by atoms with E-state index in [1.807, 2.05) is 13.8 Å². The van der Waals surface area contributed by atoms with E-state index >= 15 is 0 Å². The van der Waals surface area contributed by atoms with Gasteiger partial charge >= 0.3 is 6.36 Å². The number of hydrogen-bond acceptors (Lipinski definition) is 3. The molecule has 1 rings (SSSR count). The molecule has 0 aromatic heterocycles. The van der Waals surface area contributed by atoms with Crippen LogP contribution in [0.3, 0.4) is 0 Å². The fourth-order valence-corrected chi connectivity index (χ4v) is 1.48. The zero-order valence-electron chi connectivity index (χ0n) is 11.2. The van der Waals surface area contributed by atoms with Gasteiger partial charge in [-0.2, -0.15) is 0 Å². The molecule has 0 aliphatic carbocycles. The monoisotopic (exact) mass is 290 g/mol. The summed E-state index contributed by atoms with van der Waals surface area (Å²) in [6.45, 7) is 3.77. The van der Waals surface area contributed by atoms with Crippen LogP contribution in [-0.4, -0.2) is 18.3 Å². The van der Waals surface area contributed by atoms with Crippen LogP contribution in [0.1, 0.15) is 20.3 Å². The first-order valence-corrected chi connectivity index (χ1v) is 6.15. The Hall–Kier alpha value is -1.76. The summed E-state index contributed by atoms with van der Waals surface area (Å²) >= 11 is 0. The second-order valence-corrected chi connectivity index (χ2v) is 4.47. The highest BCUT2D eigenvalue weighted by Crippen LogP contribution is 2.24. The molecule has 20 heavy (non-hydrogen) atoms. The van der Waals surface area contributed by atoms with Crippen molar-refractivity contribution in [1.29, 1.82) is 0 Å². The predicted octanol–water partition coefficient (Wildman–Crippen LogP) is 2.90. The van der Waals surface area contributed by atoms with Crippen LogP contribution in [0.5, 0.6) is 5.75 Å². The van der Waals surface area contributed by atoms with Crippen molar-refractivity contribution in [3.63, 3.8) is 0 Å². The maximum absolute atomic E-state index is 12.0. The molecule has 0 radical (unpaired) electrons. The maximum atomic E-state index is 12.0. The molecule has 0 spiro atoms. The van der Waals surface area contributed by atoms with Crippen LogP contribution >= 0.6 is 0 Å². The Morgan fingerprint density at radius 1 is 1.35 bits per heavy atom. The summed E-state index contributed by atoms with van der Waals surface area (Å²) in [6, 6.07) is 4.23. The molecule has 1 aromatic carbocycles. The second-order valence-electron chi connectivity index (χ2n) is 4.47. The van der Waals surface area contributed by atoms with E-state index in [4.69, 9.17) is 5.73 Å². The lowest BCUT2D eigenvalue weighted by atomic mass is 9.99. The normalized spacial score (nSPS) is 14.5. The van der Waals surface area contributed by atoms with Gasteiger partial charge in [-0.1, -0.05) is 20.3 Å². The van der Waals surface area contributed by atoms with Gasteiger partial charge in [-0.05, 0) is 30.2 Å². The van der Waals surface area contributed by atoms with Gasteiger partial charge in [0.2, 0.25) is 5.91 Å². The van der Waals surface area contributed by atoms with Crippen LogP contribution in [0.25, 0.3) is 0 Å². The molecule has 4 nitrogen and oxygen atoms in total. The zero-order valence-corrected chi connectivity index (χ0v) is 11.2. The lowest BCUT2D eigenvalue weighted by Gasteiger charge is -2.17. The third kappa shape index (κ3) is 5.08. The fourth-order valence-electron chi connectivity index (χ4n) is 1.48. The molecule has 3 N–H and O–H groups in total. The van der Waals surface area contributed by atoms with Crippen molar-refractivity contribution >= 4 is 11.6 Å². The van der Waals surface area contributed by atoms with E-state index in [9.17, 15) is 18.0 Å². The molecule has 1 aromatic rings. The highest BCUT2D eigenvalue weighted by molar-refractivity contribution is 5.94. The van der Waals surface area contributed by atoms with Gasteiger partial charge in [-0.3, -0.25) is 4.79 Å². The van der Waals surface area contributed by atoms with Crippen molar-refractivity contribution in [3.05, 3.63) is 24.3 Å².